The lowest BCUT2D eigenvalue weighted by Gasteiger charge is -2.11. The first-order valence-corrected chi connectivity index (χ1v) is 8.61. The molecule has 1 N–H and O–H groups in total. The van der Waals surface area contributed by atoms with Crippen LogP contribution in [0.25, 0.3) is 11.3 Å². The zero-order valence-corrected chi connectivity index (χ0v) is 14.9. The molecule has 6 nitrogen and oxygen atoms in total. The van der Waals surface area contributed by atoms with E-state index < -0.39 is 5.97 Å². The van der Waals surface area contributed by atoms with E-state index in [9.17, 15) is 9.18 Å². The summed E-state index contributed by atoms with van der Waals surface area (Å²) in [6.07, 6.45) is 3.87. The number of aromatic nitrogens is 3. The van der Waals surface area contributed by atoms with Gasteiger partial charge in [-0.15, -0.1) is 0 Å². The SMILES string of the molecule is CCOC(=O)c1cnc(NCCc2ccccn2)nc1-c1ccc(F)cc1. The number of carbonyl (C=O) groups excluding carboxylic acids is 1. The molecular formula is C20H19FN4O2. The van der Waals surface area contributed by atoms with Crippen molar-refractivity contribution >= 4 is 11.9 Å². The number of hydrogen-bond acceptors (Lipinski definition) is 6. The normalized spacial score (nSPS) is 10.4. The van der Waals surface area contributed by atoms with Gasteiger partial charge in [0.05, 0.1) is 12.3 Å². The quantitative estimate of drug-likeness (QED) is 0.645. The second kappa shape index (κ2) is 8.84. The molecule has 0 atom stereocenters. The molecule has 0 saturated carbocycles. The second-order valence-corrected chi connectivity index (χ2v) is 5.68. The number of ether oxygens (including phenoxy) is 1. The molecule has 0 unspecified atom stereocenters. The Bertz CT molecular complexity index is 902. The molecule has 1 aromatic carbocycles. The predicted molar refractivity (Wildman–Crippen MR) is 99.8 cm³/mol. The van der Waals surface area contributed by atoms with Gasteiger partial charge in [-0.2, -0.15) is 0 Å². The van der Waals surface area contributed by atoms with Crippen LogP contribution in [0.5, 0.6) is 0 Å². The molecule has 0 bridgehead atoms. The van der Waals surface area contributed by atoms with Gasteiger partial charge in [-0.3, -0.25) is 4.98 Å². The molecule has 0 aliphatic carbocycles. The molecule has 0 radical (unpaired) electrons. The first-order valence-electron chi connectivity index (χ1n) is 8.61. The Balaban J connectivity index is 1.82. The predicted octanol–water partition coefficient (Wildman–Crippen LogP) is 3.51. The number of benzene rings is 1. The van der Waals surface area contributed by atoms with Crippen LogP contribution in [-0.4, -0.2) is 34.1 Å². The van der Waals surface area contributed by atoms with Gasteiger partial charge in [-0.05, 0) is 43.3 Å². The molecule has 0 amide bonds. The van der Waals surface area contributed by atoms with E-state index in [1.807, 2.05) is 18.2 Å². The molecule has 0 spiro atoms. The van der Waals surface area contributed by atoms with Gasteiger partial charge in [-0.1, -0.05) is 6.07 Å². The van der Waals surface area contributed by atoms with Crippen LogP contribution in [0.2, 0.25) is 0 Å². The Hall–Kier alpha value is -3.35. The standard InChI is InChI=1S/C20H19FN4O2/c1-2-27-19(26)17-13-24-20(23-12-10-16-5-3-4-11-22-16)25-18(17)14-6-8-15(21)9-7-14/h3-9,11,13H,2,10,12H2,1H3,(H,23,24,25). The Kier molecular flexibility index (Phi) is 6.04. The molecule has 138 valence electrons. The highest BCUT2D eigenvalue weighted by Crippen LogP contribution is 2.23. The third-order valence-electron chi connectivity index (χ3n) is 3.79. The Labute approximate surface area is 156 Å². The number of rotatable bonds is 7. The fraction of sp³-hybridized carbons (Fsp3) is 0.200. The lowest BCUT2D eigenvalue weighted by Crippen LogP contribution is -2.13. The van der Waals surface area contributed by atoms with Crippen molar-refractivity contribution in [1.82, 2.24) is 15.0 Å². The molecule has 3 aromatic rings. The highest BCUT2D eigenvalue weighted by molar-refractivity contribution is 5.96. The molecule has 0 fully saturated rings. The fourth-order valence-corrected chi connectivity index (χ4v) is 2.50. The number of carbonyl (C=O) groups is 1. The van der Waals surface area contributed by atoms with Crippen molar-refractivity contribution in [3.05, 3.63) is 71.9 Å². The van der Waals surface area contributed by atoms with E-state index >= 15 is 0 Å². The van der Waals surface area contributed by atoms with Gasteiger partial charge < -0.3 is 10.1 Å². The zero-order chi connectivity index (χ0) is 19.1. The fourth-order valence-electron chi connectivity index (χ4n) is 2.50. The van der Waals surface area contributed by atoms with Crippen LogP contribution in [0, 0.1) is 5.82 Å². The third-order valence-corrected chi connectivity index (χ3v) is 3.79. The van der Waals surface area contributed by atoms with Gasteiger partial charge in [0, 0.05) is 36.6 Å². The van der Waals surface area contributed by atoms with Gasteiger partial charge in [0.2, 0.25) is 5.95 Å². The lowest BCUT2D eigenvalue weighted by molar-refractivity contribution is 0.0526. The monoisotopic (exact) mass is 366 g/mol. The smallest absolute Gasteiger partial charge is 0.341 e. The largest absolute Gasteiger partial charge is 0.462 e. The Morgan fingerprint density at radius 3 is 2.67 bits per heavy atom. The maximum atomic E-state index is 13.2. The third kappa shape index (κ3) is 4.84. The van der Waals surface area contributed by atoms with Crippen LogP contribution >= 0.6 is 0 Å². The van der Waals surface area contributed by atoms with Crippen LogP contribution in [0.1, 0.15) is 23.0 Å². The van der Waals surface area contributed by atoms with Crippen LogP contribution in [0.3, 0.4) is 0 Å². The molecule has 7 heteroatoms. The number of hydrogen-bond donors (Lipinski definition) is 1. The van der Waals surface area contributed by atoms with Crippen molar-refractivity contribution in [2.45, 2.75) is 13.3 Å². The number of anilines is 1. The molecule has 0 aliphatic rings. The zero-order valence-electron chi connectivity index (χ0n) is 14.9. The average Bonchev–Trinajstić information content (AvgIpc) is 2.69. The van der Waals surface area contributed by atoms with Crippen molar-refractivity contribution in [3.63, 3.8) is 0 Å². The van der Waals surface area contributed by atoms with Crippen LogP contribution in [-0.2, 0) is 11.2 Å². The summed E-state index contributed by atoms with van der Waals surface area (Å²) in [5, 5.41) is 3.12. The number of pyridine rings is 1. The summed E-state index contributed by atoms with van der Waals surface area (Å²) in [4.78, 5) is 25.1. The Morgan fingerprint density at radius 1 is 1.15 bits per heavy atom. The van der Waals surface area contributed by atoms with Crippen molar-refractivity contribution in [1.29, 1.82) is 0 Å². The van der Waals surface area contributed by atoms with Crippen LogP contribution < -0.4 is 5.32 Å². The van der Waals surface area contributed by atoms with Gasteiger partial charge in [0.15, 0.2) is 0 Å². The topological polar surface area (TPSA) is 77.0 Å². The molecule has 3 rings (SSSR count). The minimum Gasteiger partial charge on any atom is -0.462 e. The molecule has 2 aromatic heterocycles. The molecule has 2 heterocycles. The Morgan fingerprint density at radius 2 is 1.96 bits per heavy atom. The van der Waals surface area contributed by atoms with Crippen molar-refractivity contribution in [2.75, 3.05) is 18.5 Å². The summed E-state index contributed by atoms with van der Waals surface area (Å²) in [6, 6.07) is 11.5. The first-order chi connectivity index (χ1) is 13.2. The van der Waals surface area contributed by atoms with E-state index in [0.29, 0.717) is 30.2 Å². The maximum Gasteiger partial charge on any atom is 0.341 e. The summed E-state index contributed by atoms with van der Waals surface area (Å²) in [5.41, 5.74) is 2.18. The van der Waals surface area contributed by atoms with Crippen molar-refractivity contribution in [3.8, 4) is 11.3 Å². The minimum atomic E-state index is -0.517. The number of nitrogens with one attached hydrogen (secondary N) is 1. The highest BCUT2D eigenvalue weighted by atomic mass is 19.1. The minimum absolute atomic E-state index is 0.235. The molecular weight excluding hydrogens is 347 g/mol. The van der Waals surface area contributed by atoms with E-state index in [0.717, 1.165) is 5.69 Å². The number of esters is 1. The van der Waals surface area contributed by atoms with Crippen molar-refractivity contribution < 1.29 is 13.9 Å². The summed E-state index contributed by atoms with van der Waals surface area (Å²) in [5.74, 6) is -0.505. The van der Waals surface area contributed by atoms with Gasteiger partial charge >= 0.3 is 5.97 Å². The molecule has 0 aliphatic heterocycles. The summed E-state index contributed by atoms with van der Waals surface area (Å²) >= 11 is 0. The van der Waals surface area contributed by atoms with Gasteiger partial charge in [0.25, 0.3) is 0 Å². The summed E-state index contributed by atoms with van der Waals surface area (Å²) in [6.45, 7) is 2.55. The van der Waals surface area contributed by atoms with Crippen LogP contribution in [0.4, 0.5) is 10.3 Å². The summed E-state index contributed by atoms with van der Waals surface area (Å²) < 4.78 is 18.3. The second-order valence-electron chi connectivity index (χ2n) is 5.68. The molecule has 0 saturated heterocycles. The van der Waals surface area contributed by atoms with E-state index in [1.54, 1.807) is 25.3 Å². The summed E-state index contributed by atoms with van der Waals surface area (Å²) in [7, 11) is 0. The van der Waals surface area contributed by atoms with Gasteiger partial charge in [0.1, 0.15) is 11.4 Å². The lowest BCUT2D eigenvalue weighted by atomic mass is 10.1. The van der Waals surface area contributed by atoms with Crippen LogP contribution in [0.15, 0.2) is 54.9 Å². The maximum absolute atomic E-state index is 13.2. The van der Waals surface area contributed by atoms with E-state index in [1.165, 1.54) is 18.3 Å². The molecule has 27 heavy (non-hydrogen) atoms. The van der Waals surface area contributed by atoms with E-state index in [2.05, 4.69) is 20.3 Å². The average molecular weight is 366 g/mol. The highest BCUT2D eigenvalue weighted by Gasteiger charge is 2.17. The van der Waals surface area contributed by atoms with E-state index in [-0.39, 0.29) is 18.0 Å². The van der Waals surface area contributed by atoms with Crippen molar-refractivity contribution in [2.24, 2.45) is 0 Å². The number of halogens is 1. The van der Waals surface area contributed by atoms with E-state index in [4.69, 9.17) is 4.74 Å². The van der Waals surface area contributed by atoms with Gasteiger partial charge in [-0.25, -0.2) is 19.2 Å². The first kappa shape index (κ1) is 18.4. The number of nitrogens with zero attached hydrogens (tertiary/aromatic N) is 3.